The van der Waals surface area contributed by atoms with E-state index in [2.05, 4.69) is 32.2 Å². The number of carbonyl (C=O) groups excluding carboxylic acids is 1. The number of nitrogens with one attached hydrogen (secondary N) is 1. The Kier molecular flexibility index (Phi) is 6.88. The molecule has 5 nitrogen and oxygen atoms in total. The van der Waals surface area contributed by atoms with Gasteiger partial charge in [-0.25, -0.2) is 0 Å². The van der Waals surface area contributed by atoms with Gasteiger partial charge in [-0.1, -0.05) is 54.2 Å². The molecule has 1 amide bonds. The molecular formula is C22H20N4OS3. The van der Waals surface area contributed by atoms with Crippen molar-refractivity contribution < 1.29 is 4.79 Å². The van der Waals surface area contributed by atoms with Gasteiger partial charge >= 0.3 is 0 Å². The van der Waals surface area contributed by atoms with Crippen LogP contribution in [-0.2, 0) is 11.3 Å². The van der Waals surface area contributed by atoms with E-state index in [0.717, 1.165) is 32.0 Å². The molecule has 0 bridgehead atoms. The van der Waals surface area contributed by atoms with Crippen molar-refractivity contribution in [2.45, 2.75) is 16.6 Å². The van der Waals surface area contributed by atoms with E-state index >= 15 is 0 Å². The van der Waals surface area contributed by atoms with Crippen LogP contribution in [0.1, 0.15) is 5.56 Å². The predicted molar refractivity (Wildman–Crippen MR) is 126 cm³/mol. The summed E-state index contributed by atoms with van der Waals surface area (Å²) in [6, 6.07) is 22.1. The van der Waals surface area contributed by atoms with E-state index in [9.17, 15) is 4.79 Å². The molecule has 1 N–H and O–H groups in total. The minimum Gasteiger partial charge on any atom is -0.325 e. The molecule has 0 saturated heterocycles. The first-order chi connectivity index (χ1) is 14.7. The molecule has 2 aromatic carbocycles. The standard InChI is InChI=1S/C22H20N4OS3/c1-28-18-10-5-9-17(13-18)23-20(27)15-30-22-25-24-21(19-11-6-12-29-19)26(22)14-16-7-3-2-4-8-16/h2-13H,14-15H2,1H3,(H,23,27). The van der Waals surface area contributed by atoms with Crippen molar-refractivity contribution in [3.8, 4) is 10.7 Å². The molecule has 4 aromatic rings. The molecule has 0 aliphatic rings. The third-order valence-corrected chi connectivity index (χ3v) is 6.89. The fourth-order valence-corrected chi connectivity index (χ4v) is 4.83. The molecular weight excluding hydrogens is 432 g/mol. The van der Waals surface area contributed by atoms with Crippen molar-refractivity contribution in [3.05, 3.63) is 77.7 Å². The zero-order chi connectivity index (χ0) is 20.8. The van der Waals surface area contributed by atoms with Crippen LogP contribution in [0.5, 0.6) is 0 Å². The van der Waals surface area contributed by atoms with Crippen LogP contribution in [-0.4, -0.2) is 32.7 Å². The predicted octanol–water partition coefficient (Wildman–Crippen LogP) is 5.51. The first-order valence-electron chi connectivity index (χ1n) is 9.30. The minimum atomic E-state index is -0.0646. The van der Waals surface area contributed by atoms with Gasteiger partial charge in [0, 0.05) is 10.6 Å². The average Bonchev–Trinajstić information content (AvgIpc) is 3.43. The topological polar surface area (TPSA) is 59.8 Å². The second-order valence-electron chi connectivity index (χ2n) is 6.42. The van der Waals surface area contributed by atoms with Crippen LogP contribution in [0.3, 0.4) is 0 Å². The molecule has 152 valence electrons. The summed E-state index contributed by atoms with van der Waals surface area (Å²) < 4.78 is 2.08. The van der Waals surface area contributed by atoms with Crippen LogP contribution >= 0.6 is 34.9 Å². The van der Waals surface area contributed by atoms with Gasteiger partial charge in [0.1, 0.15) is 0 Å². The summed E-state index contributed by atoms with van der Waals surface area (Å²) in [6.45, 7) is 0.654. The highest BCUT2D eigenvalue weighted by atomic mass is 32.2. The van der Waals surface area contributed by atoms with Gasteiger partial charge in [0.05, 0.1) is 17.2 Å². The second-order valence-corrected chi connectivity index (χ2v) is 9.19. The van der Waals surface area contributed by atoms with Crippen molar-refractivity contribution in [1.29, 1.82) is 0 Å². The molecule has 30 heavy (non-hydrogen) atoms. The lowest BCUT2D eigenvalue weighted by Gasteiger charge is -2.10. The number of amides is 1. The molecule has 0 spiro atoms. The number of benzene rings is 2. The van der Waals surface area contributed by atoms with Crippen LogP contribution in [0.4, 0.5) is 5.69 Å². The monoisotopic (exact) mass is 452 g/mol. The molecule has 8 heteroatoms. The van der Waals surface area contributed by atoms with E-state index < -0.39 is 0 Å². The Morgan fingerprint density at radius 2 is 1.93 bits per heavy atom. The molecule has 2 heterocycles. The van der Waals surface area contributed by atoms with Crippen molar-refractivity contribution in [1.82, 2.24) is 14.8 Å². The molecule has 2 aromatic heterocycles. The number of carbonyl (C=O) groups is 1. The fourth-order valence-electron chi connectivity index (χ4n) is 2.92. The lowest BCUT2D eigenvalue weighted by atomic mass is 10.2. The molecule has 0 aliphatic heterocycles. The Hall–Kier alpha value is -2.55. The Morgan fingerprint density at radius 3 is 2.70 bits per heavy atom. The van der Waals surface area contributed by atoms with Crippen molar-refractivity contribution in [3.63, 3.8) is 0 Å². The van der Waals surface area contributed by atoms with Crippen LogP contribution in [0.2, 0.25) is 0 Å². The summed E-state index contributed by atoms with van der Waals surface area (Å²) in [5.41, 5.74) is 1.97. The molecule has 0 radical (unpaired) electrons. The number of thioether (sulfide) groups is 2. The van der Waals surface area contributed by atoms with Gasteiger partial charge in [-0.2, -0.15) is 0 Å². The molecule has 0 fully saturated rings. The summed E-state index contributed by atoms with van der Waals surface area (Å²) in [5, 5.41) is 14.5. The smallest absolute Gasteiger partial charge is 0.234 e. The van der Waals surface area contributed by atoms with Crippen LogP contribution in [0.15, 0.2) is 82.2 Å². The highest BCUT2D eigenvalue weighted by Crippen LogP contribution is 2.28. The summed E-state index contributed by atoms with van der Waals surface area (Å²) in [4.78, 5) is 14.7. The van der Waals surface area contributed by atoms with E-state index in [0.29, 0.717) is 6.54 Å². The molecule has 0 aliphatic carbocycles. The van der Waals surface area contributed by atoms with Gasteiger partial charge in [-0.15, -0.1) is 33.3 Å². The number of anilines is 1. The Morgan fingerprint density at radius 1 is 1.07 bits per heavy atom. The summed E-state index contributed by atoms with van der Waals surface area (Å²) >= 11 is 4.68. The highest BCUT2D eigenvalue weighted by Gasteiger charge is 2.17. The van der Waals surface area contributed by atoms with Gasteiger partial charge in [0.15, 0.2) is 11.0 Å². The molecule has 0 saturated carbocycles. The maximum Gasteiger partial charge on any atom is 0.234 e. The summed E-state index contributed by atoms with van der Waals surface area (Å²) in [5.74, 6) is 1.02. The van der Waals surface area contributed by atoms with Gasteiger partial charge in [-0.05, 0) is 41.5 Å². The van der Waals surface area contributed by atoms with Gasteiger partial charge in [0.2, 0.25) is 5.91 Å². The number of thiophene rings is 1. The van der Waals surface area contributed by atoms with Gasteiger partial charge in [-0.3, -0.25) is 9.36 Å². The SMILES string of the molecule is CSc1cccc(NC(=O)CSc2nnc(-c3cccs3)n2Cc2ccccc2)c1. The number of hydrogen-bond acceptors (Lipinski definition) is 6. The third-order valence-electron chi connectivity index (χ3n) is 4.33. The fraction of sp³-hybridized carbons (Fsp3) is 0.136. The third kappa shape index (κ3) is 5.13. The van der Waals surface area contributed by atoms with E-state index in [1.807, 2.05) is 66.2 Å². The molecule has 0 atom stereocenters. The van der Waals surface area contributed by atoms with Crippen LogP contribution in [0.25, 0.3) is 10.7 Å². The summed E-state index contributed by atoms with van der Waals surface area (Å²) in [6.07, 6.45) is 2.02. The second kappa shape index (κ2) is 9.97. The van der Waals surface area contributed by atoms with E-state index in [1.54, 1.807) is 23.1 Å². The highest BCUT2D eigenvalue weighted by molar-refractivity contribution is 7.99. The van der Waals surface area contributed by atoms with Gasteiger partial charge in [0.25, 0.3) is 0 Å². The first kappa shape index (κ1) is 20.7. The molecule has 4 rings (SSSR count). The van der Waals surface area contributed by atoms with Crippen LogP contribution < -0.4 is 5.32 Å². The maximum absolute atomic E-state index is 12.5. The number of nitrogens with zero attached hydrogens (tertiary/aromatic N) is 3. The Bertz CT molecular complexity index is 1110. The Balaban J connectivity index is 1.50. The van der Waals surface area contributed by atoms with Crippen LogP contribution in [0, 0.1) is 0 Å². The van der Waals surface area contributed by atoms with Crippen molar-refractivity contribution in [2.24, 2.45) is 0 Å². The van der Waals surface area contributed by atoms with Crippen molar-refractivity contribution >= 4 is 46.5 Å². The van der Waals surface area contributed by atoms with Gasteiger partial charge < -0.3 is 5.32 Å². The lowest BCUT2D eigenvalue weighted by molar-refractivity contribution is -0.113. The van der Waals surface area contributed by atoms with Crippen molar-refractivity contribution in [2.75, 3.05) is 17.3 Å². The normalized spacial score (nSPS) is 10.8. The van der Waals surface area contributed by atoms with E-state index in [-0.39, 0.29) is 11.7 Å². The number of rotatable bonds is 8. The maximum atomic E-state index is 12.5. The zero-order valence-electron chi connectivity index (χ0n) is 16.3. The first-order valence-corrected chi connectivity index (χ1v) is 12.4. The number of aromatic nitrogens is 3. The number of hydrogen-bond donors (Lipinski definition) is 1. The Labute approximate surface area is 187 Å². The lowest BCUT2D eigenvalue weighted by Crippen LogP contribution is -2.14. The zero-order valence-corrected chi connectivity index (χ0v) is 18.8. The molecule has 0 unspecified atom stereocenters. The quantitative estimate of drug-likeness (QED) is 0.357. The average molecular weight is 453 g/mol. The summed E-state index contributed by atoms with van der Waals surface area (Å²) in [7, 11) is 0. The van der Waals surface area contributed by atoms with E-state index in [1.165, 1.54) is 11.8 Å². The minimum absolute atomic E-state index is 0.0646. The van der Waals surface area contributed by atoms with E-state index in [4.69, 9.17) is 0 Å². The largest absolute Gasteiger partial charge is 0.325 e.